The van der Waals surface area contributed by atoms with E-state index >= 15 is 0 Å². The maximum Gasteiger partial charge on any atom is 0.231 e. The fraction of sp³-hybridized carbons (Fsp3) is 0.308. The first-order valence-electron chi connectivity index (χ1n) is 6.33. The van der Waals surface area contributed by atoms with Crippen LogP contribution in [0.15, 0.2) is 24.4 Å². The number of nitrogens with zero attached hydrogens (tertiary/aromatic N) is 2. The normalized spacial score (nSPS) is 13.6. The monoisotopic (exact) mass is 309 g/mol. The minimum atomic E-state index is -3.04. The predicted octanol–water partition coefficient (Wildman–Crippen LogP) is 0.906. The second-order valence-electron chi connectivity index (χ2n) is 4.89. The number of sulfone groups is 1. The van der Waals surface area contributed by atoms with Gasteiger partial charge in [0.25, 0.3) is 0 Å². The molecule has 0 fully saturated rings. The lowest BCUT2D eigenvalue weighted by Crippen LogP contribution is -2.11. The van der Waals surface area contributed by atoms with Crippen LogP contribution in [-0.4, -0.2) is 37.0 Å². The molecule has 1 aromatic carbocycles. The smallest absolute Gasteiger partial charge is 0.231 e. The molecule has 7 nitrogen and oxygen atoms in total. The molecule has 0 saturated heterocycles. The molecular weight excluding hydrogens is 294 g/mol. The highest BCUT2D eigenvalue weighted by atomic mass is 32.2. The Bertz CT molecular complexity index is 783. The Morgan fingerprint density at radius 1 is 1.33 bits per heavy atom. The SMILES string of the molecule is CS(=O)(=O)CCn1cc(N)c(-c2ccc3c(c2)OCO3)n1. The van der Waals surface area contributed by atoms with Gasteiger partial charge < -0.3 is 15.2 Å². The standard InChI is InChI=1S/C13H15N3O4S/c1-21(17,18)5-4-16-7-10(14)13(15-16)9-2-3-11-12(6-9)20-8-19-11/h2-3,6-7H,4-5,8,14H2,1H3. The summed E-state index contributed by atoms with van der Waals surface area (Å²) >= 11 is 0. The number of ether oxygens (including phenoxy) is 2. The van der Waals surface area contributed by atoms with Crippen molar-refractivity contribution in [3.63, 3.8) is 0 Å². The number of nitrogen functional groups attached to an aromatic ring is 1. The number of rotatable bonds is 4. The molecule has 0 aliphatic carbocycles. The van der Waals surface area contributed by atoms with E-state index in [9.17, 15) is 8.42 Å². The number of nitrogens with two attached hydrogens (primary N) is 1. The fourth-order valence-corrected chi connectivity index (χ4v) is 2.60. The molecule has 0 amide bonds. The maximum atomic E-state index is 11.2. The van der Waals surface area contributed by atoms with Crippen molar-refractivity contribution in [3.8, 4) is 22.8 Å². The third-order valence-electron chi connectivity index (χ3n) is 3.13. The van der Waals surface area contributed by atoms with Gasteiger partial charge in [-0.3, -0.25) is 4.68 Å². The summed E-state index contributed by atoms with van der Waals surface area (Å²) in [5.41, 5.74) is 7.84. The quantitative estimate of drug-likeness (QED) is 0.901. The fourth-order valence-electron chi connectivity index (χ4n) is 2.08. The van der Waals surface area contributed by atoms with Gasteiger partial charge in [0.05, 0.1) is 18.0 Å². The number of aromatic nitrogens is 2. The summed E-state index contributed by atoms with van der Waals surface area (Å²) in [5, 5.41) is 4.34. The predicted molar refractivity (Wildman–Crippen MR) is 77.9 cm³/mol. The summed E-state index contributed by atoms with van der Waals surface area (Å²) in [6, 6.07) is 5.45. The molecule has 21 heavy (non-hydrogen) atoms. The minimum Gasteiger partial charge on any atom is -0.454 e. The highest BCUT2D eigenvalue weighted by Crippen LogP contribution is 2.36. The van der Waals surface area contributed by atoms with Crippen molar-refractivity contribution in [1.29, 1.82) is 0 Å². The first kappa shape index (κ1) is 13.7. The Hall–Kier alpha value is -2.22. The second kappa shape index (κ2) is 4.96. The molecule has 1 aromatic heterocycles. The lowest BCUT2D eigenvalue weighted by molar-refractivity contribution is 0.174. The number of hydrogen-bond donors (Lipinski definition) is 1. The molecule has 112 valence electrons. The molecule has 0 saturated carbocycles. The average Bonchev–Trinajstić information content (AvgIpc) is 3.00. The number of aryl methyl sites for hydroxylation is 1. The Morgan fingerprint density at radius 2 is 2.10 bits per heavy atom. The van der Waals surface area contributed by atoms with Gasteiger partial charge in [0.1, 0.15) is 15.5 Å². The molecule has 2 aromatic rings. The van der Waals surface area contributed by atoms with Gasteiger partial charge in [0.2, 0.25) is 6.79 Å². The summed E-state index contributed by atoms with van der Waals surface area (Å²) < 4.78 is 34.5. The van der Waals surface area contributed by atoms with Crippen LogP contribution in [-0.2, 0) is 16.4 Å². The first-order valence-corrected chi connectivity index (χ1v) is 8.39. The van der Waals surface area contributed by atoms with Crippen LogP contribution in [0.1, 0.15) is 0 Å². The zero-order chi connectivity index (χ0) is 15.0. The van der Waals surface area contributed by atoms with Crippen molar-refractivity contribution in [1.82, 2.24) is 9.78 Å². The van der Waals surface area contributed by atoms with Gasteiger partial charge in [-0.2, -0.15) is 5.10 Å². The number of benzene rings is 1. The highest BCUT2D eigenvalue weighted by Gasteiger charge is 2.16. The summed E-state index contributed by atoms with van der Waals surface area (Å²) in [5.74, 6) is 1.36. The van der Waals surface area contributed by atoms with Gasteiger partial charge in [-0.25, -0.2) is 8.42 Å². The van der Waals surface area contributed by atoms with Crippen molar-refractivity contribution in [2.75, 3.05) is 24.5 Å². The number of fused-ring (bicyclic) bond motifs is 1. The molecule has 0 bridgehead atoms. The molecule has 2 N–H and O–H groups in total. The second-order valence-corrected chi connectivity index (χ2v) is 7.15. The molecule has 0 radical (unpaired) electrons. The molecule has 8 heteroatoms. The molecule has 1 aliphatic heterocycles. The highest BCUT2D eigenvalue weighted by molar-refractivity contribution is 7.90. The van der Waals surface area contributed by atoms with Gasteiger partial charge in [0, 0.05) is 18.0 Å². The molecule has 1 aliphatic rings. The summed E-state index contributed by atoms with van der Waals surface area (Å²) in [4.78, 5) is 0. The van der Waals surface area contributed by atoms with E-state index in [4.69, 9.17) is 15.2 Å². The van der Waals surface area contributed by atoms with Crippen molar-refractivity contribution in [2.45, 2.75) is 6.54 Å². The Kier molecular flexibility index (Phi) is 3.25. The van der Waals surface area contributed by atoms with E-state index in [1.165, 1.54) is 10.9 Å². The molecule has 0 atom stereocenters. The van der Waals surface area contributed by atoms with Crippen molar-refractivity contribution >= 4 is 15.5 Å². The summed E-state index contributed by atoms with van der Waals surface area (Å²) in [6.07, 6.45) is 2.82. The Morgan fingerprint density at radius 3 is 2.86 bits per heavy atom. The van der Waals surface area contributed by atoms with Gasteiger partial charge in [-0.1, -0.05) is 0 Å². The van der Waals surface area contributed by atoms with Crippen molar-refractivity contribution in [2.24, 2.45) is 0 Å². The van der Waals surface area contributed by atoms with E-state index < -0.39 is 9.84 Å². The van der Waals surface area contributed by atoms with Crippen LogP contribution >= 0.6 is 0 Å². The van der Waals surface area contributed by atoms with Crippen LogP contribution < -0.4 is 15.2 Å². The van der Waals surface area contributed by atoms with E-state index in [-0.39, 0.29) is 19.1 Å². The molecule has 3 rings (SSSR count). The van der Waals surface area contributed by atoms with Crippen molar-refractivity contribution < 1.29 is 17.9 Å². The van der Waals surface area contributed by atoms with Crippen LogP contribution in [0.5, 0.6) is 11.5 Å². The average molecular weight is 309 g/mol. The van der Waals surface area contributed by atoms with Gasteiger partial charge in [0.15, 0.2) is 11.5 Å². The first-order chi connectivity index (χ1) is 9.92. The maximum absolute atomic E-state index is 11.2. The van der Waals surface area contributed by atoms with Crippen LogP contribution in [0.4, 0.5) is 5.69 Å². The van der Waals surface area contributed by atoms with E-state index in [0.29, 0.717) is 22.9 Å². The molecule has 2 heterocycles. The van der Waals surface area contributed by atoms with E-state index in [1.807, 2.05) is 12.1 Å². The Balaban J connectivity index is 1.87. The van der Waals surface area contributed by atoms with Crippen LogP contribution in [0.2, 0.25) is 0 Å². The van der Waals surface area contributed by atoms with E-state index in [0.717, 1.165) is 5.56 Å². The van der Waals surface area contributed by atoms with Crippen LogP contribution in [0, 0.1) is 0 Å². The third-order valence-corrected chi connectivity index (χ3v) is 4.05. The largest absolute Gasteiger partial charge is 0.454 e. The lowest BCUT2D eigenvalue weighted by Gasteiger charge is -2.01. The van der Waals surface area contributed by atoms with Crippen LogP contribution in [0.3, 0.4) is 0 Å². The Labute approximate surface area is 122 Å². The summed E-state index contributed by atoms with van der Waals surface area (Å²) in [6.45, 7) is 0.477. The zero-order valence-corrected chi connectivity index (χ0v) is 12.3. The van der Waals surface area contributed by atoms with E-state index in [1.54, 1.807) is 12.3 Å². The van der Waals surface area contributed by atoms with Crippen LogP contribution in [0.25, 0.3) is 11.3 Å². The van der Waals surface area contributed by atoms with Crippen molar-refractivity contribution in [3.05, 3.63) is 24.4 Å². The minimum absolute atomic E-state index is 0.0225. The molecule has 0 unspecified atom stereocenters. The number of anilines is 1. The van der Waals surface area contributed by atoms with Gasteiger partial charge >= 0.3 is 0 Å². The molecular formula is C13H15N3O4S. The third kappa shape index (κ3) is 2.94. The summed E-state index contributed by atoms with van der Waals surface area (Å²) in [7, 11) is -3.04. The zero-order valence-electron chi connectivity index (χ0n) is 11.4. The number of hydrogen-bond acceptors (Lipinski definition) is 6. The van der Waals surface area contributed by atoms with E-state index in [2.05, 4.69) is 5.10 Å². The topological polar surface area (TPSA) is 96.4 Å². The van der Waals surface area contributed by atoms with Gasteiger partial charge in [-0.05, 0) is 18.2 Å². The van der Waals surface area contributed by atoms with Gasteiger partial charge in [-0.15, -0.1) is 0 Å². The lowest BCUT2D eigenvalue weighted by atomic mass is 10.1. The molecule has 0 spiro atoms.